The van der Waals surface area contributed by atoms with E-state index in [1.54, 1.807) is 18.5 Å². The molecule has 1 N–H and O–H groups in total. The minimum atomic E-state index is -0.142. The molecule has 2 aromatic heterocycles. The van der Waals surface area contributed by atoms with E-state index in [1.165, 1.54) is 5.56 Å². The topological polar surface area (TPSA) is 58.1 Å². The van der Waals surface area contributed by atoms with Gasteiger partial charge in [0.1, 0.15) is 5.69 Å². The summed E-state index contributed by atoms with van der Waals surface area (Å²) in [7, 11) is 0. The number of hydrogen-bond acceptors (Lipinski definition) is 4. The maximum Gasteiger partial charge on any atom is 0.270 e. The van der Waals surface area contributed by atoms with Crippen LogP contribution in [0.15, 0.2) is 79.1 Å². The number of likely N-dealkylation sites (tertiary alicyclic amines) is 1. The molecule has 0 radical (unpaired) electrons. The number of aromatic nitrogens is 2. The first-order valence-electron chi connectivity index (χ1n) is 11.1. The summed E-state index contributed by atoms with van der Waals surface area (Å²) in [5, 5.41) is 3.22. The number of nitrogens with one attached hydrogen (secondary N) is 1. The summed E-state index contributed by atoms with van der Waals surface area (Å²) >= 11 is 0. The third kappa shape index (κ3) is 5.56. The Bertz CT molecular complexity index is 941. The van der Waals surface area contributed by atoms with Crippen LogP contribution in [-0.4, -0.2) is 40.4 Å². The first-order valence-corrected chi connectivity index (χ1v) is 11.1. The molecule has 0 spiro atoms. The number of pyridine rings is 2. The normalized spacial score (nSPS) is 17.1. The lowest BCUT2D eigenvalue weighted by molar-refractivity contribution is 0.0884. The number of nitrogens with zero attached hydrogens (tertiary/aromatic N) is 3. The number of benzene rings is 1. The van der Waals surface area contributed by atoms with E-state index in [4.69, 9.17) is 0 Å². The standard InChI is InChI=1S/C26H30N4O/c1-20(21-9-3-2-4-10-21)19-30-17-13-22(14-18-30)25(23-11-5-7-15-27-23)29-26(31)24-12-6-8-16-28-24/h2-12,15-16,20,22,25H,13-14,17-19H2,1H3,(H,29,31)/t20-,25+/m1/s1. The second-order valence-corrected chi connectivity index (χ2v) is 8.37. The second-order valence-electron chi connectivity index (χ2n) is 8.37. The first kappa shape index (κ1) is 21.2. The maximum absolute atomic E-state index is 12.8. The summed E-state index contributed by atoms with van der Waals surface area (Å²) in [6.45, 7) is 5.42. The van der Waals surface area contributed by atoms with Gasteiger partial charge in [-0.3, -0.25) is 14.8 Å². The molecule has 4 rings (SSSR count). The molecular weight excluding hydrogens is 384 g/mol. The van der Waals surface area contributed by atoms with E-state index in [0.717, 1.165) is 38.2 Å². The summed E-state index contributed by atoms with van der Waals surface area (Å²) in [6, 6.07) is 21.9. The first-order chi connectivity index (χ1) is 15.2. The molecule has 160 valence electrons. The highest BCUT2D eigenvalue weighted by Gasteiger charge is 2.30. The Morgan fingerprint density at radius 2 is 1.65 bits per heavy atom. The third-order valence-corrected chi connectivity index (χ3v) is 6.19. The molecule has 0 bridgehead atoms. The van der Waals surface area contributed by atoms with Crippen molar-refractivity contribution < 1.29 is 4.79 Å². The summed E-state index contributed by atoms with van der Waals surface area (Å²) in [6.07, 6.45) is 5.51. The van der Waals surface area contributed by atoms with E-state index >= 15 is 0 Å². The van der Waals surface area contributed by atoms with Crippen molar-refractivity contribution in [1.29, 1.82) is 0 Å². The van der Waals surface area contributed by atoms with E-state index in [9.17, 15) is 4.79 Å². The largest absolute Gasteiger partial charge is 0.342 e. The Morgan fingerprint density at radius 3 is 2.29 bits per heavy atom. The Morgan fingerprint density at radius 1 is 0.968 bits per heavy atom. The molecule has 0 saturated carbocycles. The number of piperidine rings is 1. The van der Waals surface area contributed by atoms with Gasteiger partial charge in [-0.1, -0.05) is 49.4 Å². The zero-order valence-electron chi connectivity index (χ0n) is 18.0. The van der Waals surface area contributed by atoms with E-state index in [1.807, 2.05) is 30.3 Å². The van der Waals surface area contributed by atoms with Crippen LogP contribution in [0.3, 0.4) is 0 Å². The molecular formula is C26H30N4O. The predicted molar refractivity (Wildman–Crippen MR) is 123 cm³/mol. The summed E-state index contributed by atoms with van der Waals surface area (Å²) in [4.78, 5) is 24.1. The molecule has 5 heteroatoms. The molecule has 0 aliphatic carbocycles. The van der Waals surface area contributed by atoms with Crippen molar-refractivity contribution in [2.24, 2.45) is 5.92 Å². The monoisotopic (exact) mass is 414 g/mol. The third-order valence-electron chi connectivity index (χ3n) is 6.19. The average molecular weight is 415 g/mol. The van der Waals surface area contributed by atoms with Crippen molar-refractivity contribution in [3.8, 4) is 0 Å². The van der Waals surface area contributed by atoms with Crippen LogP contribution < -0.4 is 5.32 Å². The van der Waals surface area contributed by atoms with Crippen LogP contribution in [-0.2, 0) is 0 Å². The Hall–Kier alpha value is -3.05. The fourth-order valence-electron chi connectivity index (χ4n) is 4.45. The minimum Gasteiger partial charge on any atom is -0.342 e. The van der Waals surface area contributed by atoms with E-state index in [2.05, 4.69) is 57.4 Å². The number of rotatable bonds is 7. The molecule has 1 aliphatic rings. The van der Waals surface area contributed by atoms with Gasteiger partial charge >= 0.3 is 0 Å². The van der Waals surface area contributed by atoms with Crippen LogP contribution >= 0.6 is 0 Å². The van der Waals surface area contributed by atoms with Crippen LogP contribution in [0.5, 0.6) is 0 Å². The molecule has 1 saturated heterocycles. The SMILES string of the molecule is C[C@H](CN1CCC([C@H](NC(=O)c2ccccn2)c2ccccn2)CC1)c1ccccc1. The van der Waals surface area contributed by atoms with Gasteiger partial charge < -0.3 is 10.2 Å². The number of hydrogen-bond donors (Lipinski definition) is 1. The number of amides is 1. The van der Waals surface area contributed by atoms with E-state index < -0.39 is 0 Å². The maximum atomic E-state index is 12.8. The molecule has 2 atom stereocenters. The fourth-order valence-corrected chi connectivity index (χ4v) is 4.45. The number of carbonyl (C=O) groups is 1. The van der Waals surface area contributed by atoms with Crippen molar-refractivity contribution in [1.82, 2.24) is 20.2 Å². The zero-order chi connectivity index (χ0) is 21.5. The van der Waals surface area contributed by atoms with Gasteiger partial charge in [0.05, 0.1) is 11.7 Å². The summed E-state index contributed by atoms with van der Waals surface area (Å²) in [5.41, 5.74) is 2.75. The average Bonchev–Trinajstić information content (AvgIpc) is 2.84. The van der Waals surface area contributed by atoms with Gasteiger partial charge in [0.25, 0.3) is 5.91 Å². The highest BCUT2D eigenvalue weighted by atomic mass is 16.1. The quantitative estimate of drug-likeness (QED) is 0.620. The lowest BCUT2D eigenvalue weighted by atomic mass is 9.86. The van der Waals surface area contributed by atoms with Crippen LogP contribution in [0.4, 0.5) is 0 Å². The summed E-state index contributed by atoms with van der Waals surface area (Å²) < 4.78 is 0. The molecule has 1 amide bonds. The zero-order valence-corrected chi connectivity index (χ0v) is 18.0. The van der Waals surface area contributed by atoms with Gasteiger partial charge in [-0.25, -0.2) is 0 Å². The van der Waals surface area contributed by atoms with Crippen molar-refractivity contribution in [2.45, 2.75) is 31.7 Å². The molecule has 5 nitrogen and oxygen atoms in total. The smallest absolute Gasteiger partial charge is 0.270 e. The molecule has 31 heavy (non-hydrogen) atoms. The highest BCUT2D eigenvalue weighted by Crippen LogP contribution is 2.31. The Balaban J connectivity index is 1.41. The highest BCUT2D eigenvalue weighted by molar-refractivity contribution is 5.92. The van der Waals surface area contributed by atoms with E-state index in [0.29, 0.717) is 17.5 Å². The van der Waals surface area contributed by atoms with Gasteiger partial charge in [-0.15, -0.1) is 0 Å². The molecule has 1 aromatic carbocycles. The van der Waals surface area contributed by atoms with Crippen molar-refractivity contribution in [3.63, 3.8) is 0 Å². The van der Waals surface area contributed by atoms with Crippen LogP contribution in [0, 0.1) is 5.92 Å². The molecule has 3 heterocycles. The van der Waals surface area contributed by atoms with Crippen molar-refractivity contribution >= 4 is 5.91 Å². The van der Waals surface area contributed by atoms with Gasteiger partial charge in [-0.05, 0) is 67.6 Å². The Kier molecular flexibility index (Phi) is 7.05. The Labute approximate surface area is 184 Å². The second kappa shape index (κ2) is 10.3. The number of carbonyl (C=O) groups excluding carboxylic acids is 1. The van der Waals surface area contributed by atoms with Crippen LogP contribution in [0.1, 0.15) is 53.5 Å². The fraction of sp³-hybridized carbons (Fsp3) is 0.346. The molecule has 1 fully saturated rings. The van der Waals surface area contributed by atoms with Gasteiger partial charge in [0.2, 0.25) is 0 Å². The van der Waals surface area contributed by atoms with Crippen LogP contribution in [0.2, 0.25) is 0 Å². The molecule has 0 unspecified atom stereocenters. The predicted octanol–water partition coefficient (Wildman–Crippen LogP) is 4.46. The van der Waals surface area contributed by atoms with E-state index in [-0.39, 0.29) is 11.9 Å². The van der Waals surface area contributed by atoms with Crippen molar-refractivity contribution in [2.75, 3.05) is 19.6 Å². The molecule has 3 aromatic rings. The van der Waals surface area contributed by atoms with Crippen LogP contribution in [0.25, 0.3) is 0 Å². The van der Waals surface area contributed by atoms with Gasteiger partial charge in [-0.2, -0.15) is 0 Å². The molecule has 1 aliphatic heterocycles. The van der Waals surface area contributed by atoms with Gasteiger partial charge in [0, 0.05) is 18.9 Å². The van der Waals surface area contributed by atoms with Crippen molar-refractivity contribution in [3.05, 3.63) is 96.1 Å². The lowest BCUT2D eigenvalue weighted by Crippen LogP contribution is -2.42. The van der Waals surface area contributed by atoms with Gasteiger partial charge in [0.15, 0.2) is 0 Å². The summed E-state index contributed by atoms with van der Waals surface area (Å²) in [5.74, 6) is 0.718. The lowest BCUT2D eigenvalue weighted by Gasteiger charge is -2.37. The minimum absolute atomic E-state index is 0.107.